The van der Waals surface area contributed by atoms with Gasteiger partial charge in [-0.25, -0.2) is 0 Å². The van der Waals surface area contributed by atoms with Crippen molar-refractivity contribution in [3.8, 4) is 0 Å². The molecule has 1 aromatic rings. The number of benzene rings is 1. The fraction of sp³-hybridized carbons (Fsp3) is 0.471. The number of amides is 3. The number of hydrogen-bond acceptors (Lipinski definition) is 3. The lowest BCUT2D eigenvalue weighted by molar-refractivity contribution is -0.129. The van der Waals surface area contributed by atoms with Gasteiger partial charge in [-0.1, -0.05) is 29.8 Å². The smallest absolute Gasteiger partial charge is 0.225 e. The van der Waals surface area contributed by atoms with Crippen LogP contribution in [0.25, 0.3) is 0 Å². The third-order valence-electron chi connectivity index (χ3n) is 3.88. The Labute approximate surface area is 136 Å². The Morgan fingerprint density at radius 1 is 1.17 bits per heavy atom. The number of nitrogens with zero attached hydrogens (tertiary/aromatic N) is 1. The summed E-state index contributed by atoms with van der Waals surface area (Å²) >= 11 is 0. The average molecular weight is 317 g/mol. The fourth-order valence-corrected chi connectivity index (χ4v) is 2.58. The maximum absolute atomic E-state index is 12.1. The van der Waals surface area contributed by atoms with E-state index < -0.39 is 0 Å². The van der Waals surface area contributed by atoms with Gasteiger partial charge in [0.15, 0.2) is 0 Å². The molecule has 1 aliphatic heterocycles. The summed E-state index contributed by atoms with van der Waals surface area (Å²) in [4.78, 5) is 36.6. The highest BCUT2D eigenvalue weighted by Crippen LogP contribution is 2.20. The zero-order valence-electron chi connectivity index (χ0n) is 13.6. The van der Waals surface area contributed by atoms with Gasteiger partial charge >= 0.3 is 0 Å². The number of likely N-dealkylation sites (tertiary alicyclic amines) is 1. The van der Waals surface area contributed by atoms with Gasteiger partial charge in [0.05, 0.1) is 5.92 Å². The van der Waals surface area contributed by atoms with Crippen LogP contribution in [0.3, 0.4) is 0 Å². The van der Waals surface area contributed by atoms with Gasteiger partial charge in [-0.2, -0.15) is 0 Å². The van der Waals surface area contributed by atoms with Gasteiger partial charge in [-0.05, 0) is 12.5 Å². The Morgan fingerprint density at radius 3 is 2.48 bits per heavy atom. The van der Waals surface area contributed by atoms with Gasteiger partial charge in [-0.3, -0.25) is 14.4 Å². The number of carbonyl (C=O) groups excluding carboxylic acids is 3. The lowest BCUT2D eigenvalue weighted by atomic mass is 10.1. The van der Waals surface area contributed by atoms with E-state index in [4.69, 9.17) is 0 Å². The van der Waals surface area contributed by atoms with Crippen molar-refractivity contribution in [1.29, 1.82) is 0 Å². The molecule has 3 amide bonds. The first-order valence-electron chi connectivity index (χ1n) is 7.81. The summed E-state index contributed by atoms with van der Waals surface area (Å²) in [5.41, 5.74) is 2.24. The lowest BCUT2D eigenvalue weighted by Gasteiger charge is -2.17. The topological polar surface area (TPSA) is 78.5 Å². The number of nitrogens with one attached hydrogen (secondary N) is 2. The van der Waals surface area contributed by atoms with Crippen LogP contribution in [-0.4, -0.2) is 42.3 Å². The van der Waals surface area contributed by atoms with Crippen molar-refractivity contribution in [2.75, 3.05) is 19.6 Å². The predicted octanol–water partition coefficient (Wildman–Crippen LogP) is 0.596. The Hall–Kier alpha value is -2.37. The molecule has 0 bridgehead atoms. The fourth-order valence-electron chi connectivity index (χ4n) is 2.58. The summed E-state index contributed by atoms with van der Waals surface area (Å²) in [5, 5.41) is 5.38. The van der Waals surface area contributed by atoms with Crippen LogP contribution >= 0.6 is 0 Å². The van der Waals surface area contributed by atoms with E-state index in [1.54, 1.807) is 4.90 Å². The minimum Gasteiger partial charge on any atom is -0.355 e. The standard InChI is InChI=1S/C17H23N3O3/c1-12-3-5-14(6-4-12)10-20-11-15(9-16(20)22)17(23)19-8-7-18-13(2)21/h3-6,15H,7-11H2,1-2H3,(H,18,21)(H,19,23). The zero-order chi connectivity index (χ0) is 16.8. The van der Waals surface area contributed by atoms with Crippen LogP contribution in [0.15, 0.2) is 24.3 Å². The van der Waals surface area contributed by atoms with Gasteiger partial charge in [-0.15, -0.1) is 0 Å². The predicted molar refractivity (Wildman–Crippen MR) is 86.4 cm³/mol. The van der Waals surface area contributed by atoms with E-state index in [0.29, 0.717) is 26.2 Å². The van der Waals surface area contributed by atoms with Gasteiger partial charge < -0.3 is 15.5 Å². The summed E-state index contributed by atoms with van der Waals surface area (Å²) in [6.07, 6.45) is 0.248. The van der Waals surface area contributed by atoms with Crippen molar-refractivity contribution in [3.05, 3.63) is 35.4 Å². The lowest BCUT2D eigenvalue weighted by Crippen LogP contribution is -2.37. The minimum atomic E-state index is -0.315. The molecule has 1 saturated heterocycles. The molecule has 6 nitrogen and oxygen atoms in total. The molecule has 2 N–H and O–H groups in total. The second kappa shape index (κ2) is 7.76. The first kappa shape index (κ1) is 17.0. The summed E-state index contributed by atoms with van der Waals surface area (Å²) in [6, 6.07) is 8.04. The quantitative estimate of drug-likeness (QED) is 0.754. The summed E-state index contributed by atoms with van der Waals surface area (Å²) in [6.45, 7) is 5.20. The Bertz CT molecular complexity index is 583. The third kappa shape index (κ3) is 5.09. The van der Waals surface area contributed by atoms with E-state index in [9.17, 15) is 14.4 Å². The summed E-state index contributed by atoms with van der Waals surface area (Å²) < 4.78 is 0. The van der Waals surface area contributed by atoms with Crippen molar-refractivity contribution in [2.24, 2.45) is 5.92 Å². The number of rotatable bonds is 6. The monoisotopic (exact) mass is 317 g/mol. The van der Waals surface area contributed by atoms with Crippen LogP contribution in [0.5, 0.6) is 0 Å². The molecule has 0 saturated carbocycles. The van der Waals surface area contributed by atoms with E-state index in [1.165, 1.54) is 12.5 Å². The SMILES string of the molecule is CC(=O)NCCNC(=O)C1CC(=O)N(Cc2ccc(C)cc2)C1. The number of aryl methyl sites for hydroxylation is 1. The Morgan fingerprint density at radius 2 is 1.83 bits per heavy atom. The highest BCUT2D eigenvalue weighted by Gasteiger charge is 2.33. The molecule has 1 aliphatic rings. The molecule has 6 heteroatoms. The van der Waals surface area contributed by atoms with Crippen LogP contribution in [0.4, 0.5) is 0 Å². The molecule has 0 aliphatic carbocycles. The van der Waals surface area contributed by atoms with E-state index >= 15 is 0 Å². The Kier molecular flexibility index (Phi) is 5.73. The highest BCUT2D eigenvalue weighted by molar-refractivity contribution is 5.89. The molecule has 1 atom stereocenters. The molecule has 0 spiro atoms. The second-order valence-electron chi connectivity index (χ2n) is 5.93. The van der Waals surface area contributed by atoms with E-state index in [1.807, 2.05) is 31.2 Å². The molecular formula is C17H23N3O3. The molecule has 0 aromatic heterocycles. The third-order valence-corrected chi connectivity index (χ3v) is 3.88. The van der Waals surface area contributed by atoms with Gasteiger partial charge in [0.2, 0.25) is 17.7 Å². The number of hydrogen-bond donors (Lipinski definition) is 2. The second-order valence-corrected chi connectivity index (χ2v) is 5.93. The number of carbonyl (C=O) groups is 3. The normalized spacial score (nSPS) is 17.2. The molecule has 23 heavy (non-hydrogen) atoms. The van der Waals surface area contributed by atoms with Gasteiger partial charge in [0.1, 0.15) is 0 Å². The maximum atomic E-state index is 12.1. The summed E-state index contributed by atoms with van der Waals surface area (Å²) in [7, 11) is 0. The molecule has 0 radical (unpaired) electrons. The van der Waals surface area contributed by atoms with Gasteiger partial charge in [0, 0.05) is 39.5 Å². The minimum absolute atomic E-state index is 0.00702. The van der Waals surface area contributed by atoms with Crippen LogP contribution in [-0.2, 0) is 20.9 Å². The van der Waals surface area contributed by atoms with Crippen LogP contribution in [0, 0.1) is 12.8 Å². The van der Waals surface area contributed by atoms with Crippen LogP contribution < -0.4 is 10.6 Å². The van der Waals surface area contributed by atoms with Crippen molar-refractivity contribution in [3.63, 3.8) is 0 Å². The van der Waals surface area contributed by atoms with Crippen molar-refractivity contribution in [2.45, 2.75) is 26.8 Å². The highest BCUT2D eigenvalue weighted by atomic mass is 16.2. The largest absolute Gasteiger partial charge is 0.355 e. The van der Waals surface area contributed by atoms with E-state index in [0.717, 1.165) is 5.56 Å². The van der Waals surface area contributed by atoms with E-state index in [2.05, 4.69) is 10.6 Å². The van der Waals surface area contributed by atoms with Crippen molar-refractivity contribution in [1.82, 2.24) is 15.5 Å². The van der Waals surface area contributed by atoms with E-state index in [-0.39, 0.29) is 30.1 Å². The first-order valence-corrected chi connectivity index (χ1v) is 7.81. The molecular weight excluding hydrogens is 294 g/mol. The first-order chi connectivity index (χ1) is 11.0. The molecule has 1 fully saturated rings. The van der Waals surface area contributed by atoms with Crippen molar-refractivity contribution >= 4 is 17.7 Å². The molecule has 1 aromatic carbocycles. The molecule has 124 valence electrons. The zero-order valence-corrected chi connectivity index (χ0v) is 13.6. The average Bonchev–Trinajstić information content (AvgIpc) is 2.87. The molecule has 1 unspecified atom stereocenters. The summed E-state index contributed by atoms with van der Waals surface area (Å²) in [5.74, 6) is -0.562. The van der Waals surface area contributed by atoms with Crippen LogP contribution in [0.2, 0.25) is 0 Å². The van der Waals surface area contributed by atoms with Crippen molar-refractivity contribution < 1.29 is 14.4 Å². The van der Waals surface area contributed by atoms with Crippen LogP contribution in [0.1, 0.15) is 24.5 Å². The molecule has 2 rings (SSSR count). The van der Waals surface area contributed by atoms with Gasteiger partial charge in [0.25, 0.3) is 0 Å². The molecule has 1 heterocycles. The maximum Gasteiger partial charge on any atom is 0.225 e. The Balaban J connectivity index is 1.80.